The molecule has 1 aliphatic heterocycles. The van der Waals surface area contributed by atoms with Gasteiger partial charge in [0.2, 0.25) is 5.95 Å². The van der Waals surface area contributed by atoms with Crippen molar-refractivity contribution in [1.29, 1.82) is 0 Å². The number of hydrogen-bond donors (Lipinski definition) is 2. The lowest BCUT2D eigenvalue weighted by Crippen LogP contribution is -2.45. The van der Waals surface area contributed by atoms with Crippen LogP contribution >= 0.6 is 23.4 Å². The number of halogens is 1. The van der Waals surface area contributed by atoms with Gasteiger partial charge in [-0.1, -0.05) is 34.5 Å². The molecule has 1 atom stereocenters. The van der Waals surface area contributed by atoms with Crippen molar-refractivity contribution in [1.82, 2.24) is 24.3 Å². The summed E-state index contributed by atoms with van der Waals surface area (Å²) >= 11 is 8.44. The summed E-state index contributed by atoms with van der Waals surface area (Å²) in [5.74, 6) is 1.85. The van der Waals surface area contributed by atoms with Crippen LogP contribution in [0.25, 0.3) is 5.65 Å². The number of nitrogens with one attached hydrogen (secondary N) is 1. The quantitative estimate of drug-likeness (QED) is 0.292. The first-order valence-corrected chi connectivity index (χ1v) is 15.2. The second kappa shape index (κ2) is 10.4. The number of rotatable bonds is 6. The fourth-order valence-corrected chi connectivity index (χ4v) is 7.56. The predicted molar refractivity (Wildman–Crippen MR) is 177 cm³/mol. The number of imidazole rings is 1. The molecule has 0 unspecified atom stereocenters. The summed E-state index contributed by atoms with van der Waals surface area (Å²) in [6.07, 6.45) is 10.5. The maximum Gasteiger partial charge on any atom is 0.211 e. The molecule has 4 aromatic rings. The Morgan fingerprint density at radius 1 is 1.10 bits per heavy atom. The third-order valence-electron chi connectivity index (χ3n) is 8.17. The lowest BCUT2D eigenvalue weighted by Gasteiger charge is -2.42. The minimum atomic E-state index is -0.207. The van der Waals surface area contributed by atoms with Crippen molar-refractivity contribution in [2.75, 3.05) is 23.3 Å². The van der Waals surface area contributed by atoms with Crippen LogP contribution in [0, 0.1) is 5.41 Å². The van der Waals surface area contributed by atoms with Gasteiger partial charge in [-0.3, -0.25) is 9.38 Å². The van der Waals surface area contributed by atoms with Gasteiger partial charge in [-0.15, -0.1) is 0 Å². The highest BCUT2D eigenvalue weighted by atomic mass is 35.5. The first kappa shape index (κ1) is 27.6. The summed E-state index contributed by atoms with van der Waals surface area (Å²) < 4.78 is 2.13. The van der Waals surface area contributed by atoms with Crippen LogP contribution in [-0.4, -0.2) is 82.5 Å². The molecular formula is C25H32B5ClN8S. The Bertz CT molecular complexity index is 1570. The number of piperidine rings is 1. The van der Waals surface area contributed by atoms with Crippen molar-refractivity contribution in [3.63, 3.8) is 0 Å². The molecule has 15 heteroatoms. The van der Waals surface area contributed by atoms with E-state index in [0.717, 1.165) is 65.1 Å². The Morgan fingerprint density at radius 2 is 1.88 bits per heavy atom. The normalized spacial score (nSPS) is 18.5. The van der Waals surface area contributed by atoms with Crippen molar-refractivity contribution in [2.45, 2.75) is 46.0 Å². The minimum Gasteiger partial charge on any atom is -0.382 e. The molecule has 0 radical (unpaired) electrons. The third-order valence-corrected chi connectivity index (χ3v) is 9.80. The van der Waals surface area contributed by atoms with Crippen LogP contribution in [-0.2, 0) is 11.5 Å². The van der Waals surface area contributed by atoms with Crippen LogP contribution in [0.3, 0.4) is 0 Å². The van der Waals surface area contributed by atoms with E-state index in [1.54, 1.807) is 18.0 Å². The molecular weight excluding hydrogens is 534 g/mol. The van der Waals surface area contributed by atoms with Gasteiger partial charge in [-0.05, 0) is 48.2 Å². The van der Waals surface area contributed by atoms with Crippen molar-refractivity contribution in [2.24, 2.45) is 11.1 Å². The standard InChI is InChI=1S/C25H32B5ClN8S/c26-22(27)37-20-16(31)15(3-7-34-20)40-17-19(25(28,29)30)36-23(39-11-8-35-21(17)39)38-9-4-24(5-10-38)12-14-13(18(24)32)2-1-6-33-14/h1-3,6-8,11,18,22H,4-5,9-10,12,26-30,32H2,(H,34,37)/t18-/m1/s1. The van der Waals surface area contributed by atoms with Crippen molar-refractivity contribution < 1.29 is 0 Å². The summed E-state index contributed by atoms with van der Waals surface area (Å²) in [5, 5.41) is 3.75. The zero-order valence-electron chi connectivity index (χ0n) is 23.8. The van der Waals surface area contributed by atoms with E-state index in [-0.39, 0.29) is 22.4 Å². The van der Waals surface area contributed by atoms with Gasteiger partial charge in [0.25, 0.3) is 0 Å². The molecule has 8 nitrogen and oxygen atoms in total. The van der Waals surface area contributed by atoms with Gasteiger partial charge in [0.05, 0.1) is 33.5 Å². The average molecular weight is 566 g/mol. The molecule has 5 heterocycles. The summed E-state index contributed by atoms with van der Waals surface area (Å²) in [6.45, 7) is 1.77. The molecule has 3 N–H and O–H groups in total. The van der Waals surface area contributed by atoms with Crippen molar-refractivity contribution in [3.8, 4) is 0 Å². The van der Waals surface area contributed by atoms with E-state index in [4.69, 9.17) is 27.3 Å². The molecule has 0 saturated carbocycles. The van der Waals surface area contributed by atoms with Crippen LogP contribution in [0.1, 0.15) is 35.8 Å². The van der Waals surface area contributed by atoms with E-state index in [9.17, 15) is 0 Å². The summed E-state index contributed by atoms with van der Waals surface area (Å²) in [4.78, 5) is 23.6. The van der Waals surface area contributed by atoms with Gasteiger partial charge >= 0.3 is 0 Å². The van der Waals surface area contributed by atoms with Gasteiger partial charge in [-0.2, -0.15) is 0 Å². The van der Waals surface area contributed by atoms with Crippen LogP contribution in [0.5, 0.6) is 0 Å². The molecule has 6 rings (SSSR count). The molecule has 0 aromatic carbocycles. The van der Waals surface area contributed by atoms with E-state index >= 15 is 0 Å². The Kier molecular flexibility index (Phi) is 7.16. The summed E-state index contributed by atoms with van der Waals surface area (Å²) in [7, 11) is 10.8. The molecule has 1 saturated heterocycles. The molecule has 4 aromatic heterocycles. The van der Waals surface area contributed by atoms with Crippen molar-refractivity contribution >= 4 is 80.0 Å². The van der Waals surface area contributed by atoms with Gasteiger partial charge in [0.15, 0.2) is 5.65 Å². The van der Waals surface area contributed by atoms with Crippen LogP contribution in [0.15, 0.2) is 52.8 Å². The number of nitrogens with two attached hydrogens (primary N) is 1. The van der Waals surface area contributed by atoms with E-state index in [1.165, 1.54) is 5.56 Å². The highest BCUT2D eigenvalue weighted by Crippen LogP contribution is 2.50. The van der Waals surface area contributed by atoms with Gasteiger partial charge in [-0.25, -0.2) is 15.0 Å². The van der Waals surface area contributed by atoms with Crippen LogP contribution in [0.4, 0.5) is 11.8 Å². The summed E-state index contributed by atoms with van der Waals surface area (Å²) in [5.41, 5.74) is 11.2. The zero-order chi connectivity index (χ0) is 28.2. The number of nitrogens with zero attached hydrogens (tertiary/aromatic N) is 6. The zero-order valence-corrected chi connectivity index (χ0v) is 25.4. The minimum absolute atomic E-state index is 0.0312. The Balaban J connectivity index is 1.35. The maximum atomic E-state index is 6.84. The molecule has 0 amide bonds. The van der Waals surface area contributed by atoms with Gasteiger partial charge in [0.1, 0.15) is 21.5 Å². The van der Waals surface area contributed by atoms with Crippen molar-refractivity contribution in [3.05, 3.63) is 65.0 Å². The maximum absolute atomic E-state index is 6.84. The lowest BCUT2D eigenvalue weighted by molar-refractivity contribution is 0.186. The number of pyridine rings is 2. The molecule has 2 aliphatic rings. The molecule has 1 fully saturated rings. The SMILES string of the molecule is BC(B)Nc1nccc(Sc2c(C(B)(B)B)nc(N3CCC4(CC3)Cc3ncccc3[C@H]4N)n3ccnc23)c1Cl. The fourth-order valence-electron chi connectivity index (χ4n) is 6.05. The Hall–Kier alpha value is -2.56. The first-order chi connectivity index (χ1) is 19.1. The van der Waals surface area contributed by atoms with E-state index < -0.39 is 0 Å². The molecule has 40 heavy (non-hydrogen) atoms. The topological polar surface area (TPSA) is 97.3 Å². The highest BCUT2D eigenvalue weighted by molar-refractivity contribution is 7.99. The molecule has 200 valence electrons. The largest absolute Gasteiger partial charge is 0.382 e. The number of aromatic nitrogens is 5. The number of anilines is 2. The number of hydrogen-bond acceptors (Lipinski definition) is 8. The summed E-state index contributed by atoms with van der Waals surface area (Å²) in [6, 6.07) is 6.14. The monoisotopic (exact) mass is 566 g/mol. The molecule has 0 bridgehead atoms. The second-order valence-corrected chi connectivity index (χ2v) is 13.8. The highest BCUT2D eigenvalue weighted by Gasteiger charge is 2.47. The third kappa shape index (κ3) is 4.82. The van der Waals surface area contributed by atoms with Gasteiger partial charge < -0.3 is 16.0 Å². The van der Waals surface area contributed by atoms with Crippen LogP contribution < -0.4 is 16.0 Å². The van der Waals surface area contributed by atoms with E-state index in [1.807, 2.05) is 30.7 Å². The van der Waals surface area contributed by atoms with Gasteiger partial charge in [0, 0.05) is 60.2 Å². The first-order valence-electron chi connectivity index (χ1n) is 14.0. The lowest BCUT2D eigenvalue weighted by atomic mass is 9.41. The average Bonchev–Trinajstić information content (AvgIpc) is 3.50. The molecule has 1 spiro atoms. The fraction of sp³-hybridized carbons (Fsp3) is 0.360. The Labute approximate surface area is 249 Å². The second-order valence-electron chi connectivity index (χ2n) is 12.4. The Morgan fingerprint density at radius 3 is 2.58 bits per heavy atom. The molecule has 1 aliphatic carbocycles. The van der Waals surface area contributed by atoms with E-state index in [2.05, 4.69) is 69.9 Å². The van der Waals surface area contributed by atoms with E-state index in [0.29, 0.717) is 10.8 Å². The number of fused-ring (bicyclic) bond motifs is 2. The smallest absolute Gasteiger partial charge is 0.211 e. The van der Waals surface area contributed by atoms with Crippen LogP contribution in [0.2, 0.25) is 5.02 Å². The predicted octanol–water partition coefficient (Wildman–Crippen LogP) is -0.862.